The SMILES string of the molecule is COc1cccc(C2C=C(c3ccc(I)cc3)Nc3ncnn32)c1OC. The fraction of sp³-hybridized carbons (Fsp3) is 0.158. The number of methoxy groups -OCH3 is 2. The summed E-state index contributed by atoms with van der Waals surface area (Å²) in [6, 6.07) is 14.0. The van der Waals surface area contributed by atoms with Crippen molar-refractivity contribution in [2.75, 3.05) is 19.5 Å². The highest BCUT2D eigenvalue weighted by atomic mass is 127. The maximum absolute atomic E-state index is 5.63. The van der Waals surface area contributed by atoms with Gasteiger partial charge >= 0.3 is 0 Å². The van der Waals surface area contributed by atoms with Gasteiger partial charge in [-0.15, -0.1) is 0 Å². The Balaban J connectivity index is 1.85. The van der Waals surface area contributed by atoms with Crippen LogP contribution in [-0.2, 0) is 0 Å². The van der Waals surface area contributed by atoms with E-state index >= 15 is 0 Å². The van der Waals surface area contributed by atoms with Crippen LogP contribution < -0.4 is 14.8 Å². The molecule has 6 nitrogen and oxygen atoms in total. The lowest BCUT2D eigenvalue weighted by molar-refractivity contribution is 0.349. The van der Waals surface area contributed by atoms with E-state index in [1.54, 1.807) is 20.5 Å². The molecule has 1 N–H and O–H groups in total. The van der Waals surface area contributed by atoms with Crippen molar-refractivity contribution in [3.05, 3.63) is 69.6 Å². The van der Waals surface area contributed by atoms with Crippen molar-refractivity contribution < 1.29 is 9.47 Å². The van der Waals surface area contributed by atoms with Crippen LogP contribution in [0.25, 0.3) is 5.70 Å². The third-order valence-corrected chi connectivity index (χ3v) is 5.03. The number of nitrogens with zero attached hydrogens (tertiary/aromatic N) is 3. The topological polar surface area (TPSA) is 61.2 Å². The molecule has 132 valence electrons. The molecule has 0 aliphatic carbocycles. The highest BCUT2D eigenvalue weighted by Gasteiger charge is 2.27. The monoisotopic (exact) mass is 460 g/mol. The Morgan fingerprint density at radius 2 is 1.88 bits per heavy atom. The van der Waals surface area contributed by atoms with Crippen LogP contribution >= 0.6 is 22.6 Å². The maximum Gasteiger partial charge on any atom is 0.226 e. The van der Waals surface area contributed by atoms with E-state index in [1.165, 1.54) is 3.57 Å². The first kappa shape index (κ1) is 16.9. The van der Waals surface area contributed by atoms with E-state index in [0.29, 0.717) is 17.4 Å². The Kier molecular flexibility index (Phi) is 4.54. The van der Waals surface area contributed by atoms with Crippen molar-refractivity contribution in [3.63, 3.8) is 0 Å². The summed E-state index contributed by atoms with van der Waals surface area (Å²) in [5.41, 5.74) is 3.03. The Morgan fingerprint density at radius 3 is 2.62 bits per heavy atom. The van der Waals surface area contributed by atoms with Crippen LogP contribution in [0.15, 0.2) is 54.9 Å². The minimum absolute atomic E-state index is 0.159. The lowest BCUT2D eigenvalue weighted by Crippen LogP contribution is -2.20. The van der Waals surface area contributed by atoms with Gasteiger partial charge < -0.3 is 14.8 Å². The van der Waals surface area contributed by atoms with Gasteiger partial charge in [0.05, 0.1) is 14.2 Å². The largest absolute Gasteiger partial charge is 0.493 e. The molecule has 1 atom stereocenters. The number of aromatic nitrogens is 3. The zero-order valence-electron chi connectivity index (χ0n) is 14.3. The molecule has 0 amide bonds. The Labute approximate surface area is 165 Å². The molecule has 0 fully saturated rings. The van der Waals surface area contributed by atoms with E-state index in [2.05, 4.69) is 68.3 Å². The van der Waals surface area contributed by atoms with Crippen LogP contribution in [0.5, 0.6) is 11.5 Å². The van der Waals surface area contributed by atoms with Gasteiger partial charge in [-0.3, -0.25) is 0 Å². The summed E-state index contributed by atoms with van der Waals surface area (Å²) in [7, 11) is 3.28. The van der Waals surface area contributed by atoms with Crippen LogP contribution in [0.3, 0.4) is 0 Å². The van der Waals surface area contributed by atoms with E-state index in [9.17, 15) is 0 Å². The lowest BCUT2D eigenvalue weighted by Gasteiger charge is -2.26. The Bertz CT molecular complexity index is 966. The zero-order chi connectivity index (χ0) is 18.1. The summed E-state index contributed by atoms with van der Waals surface area (Å²) < 4.78 is 14.1. The summed E-state index contributed by atoms with van der Waals surface area (Å²) in [5.74, 6) is 2.08. The number of halogens is 1. The van der Waals surface area contributed by atoms with Crippen LogP contribution in [0, 0.1) is 3.57 Å². The van der Waals surface area contributed by atoms with Gasteiger partial charge in [0.25, 0.3) is 0 Å². The molecule has 3 aromatic rings. The Morgan fingerprint density at radius 1 is 1.08 bits per heavy atom. The number of hydrogen-bond donors (Lipinski definition) is 1. The predicted molar refractivity (Wildman–Crippen MR) is 108 cm³/mol. The minimum Gasteiger partial charge on any atom is -0.493 e. The van der Waals surface area contributed by atoms with E-state index < -0.39 is 0 Å². The first-order valence-electron chi connectivity index (χ1n) is 8.06. The van der Waals surface area contributed by atoms with Gasteiger partial charge in [0.15, 0.2) is 11.5 Å². The summed E-state index contributed by atoms with van der Waals surface area (Å²) in [5, 5.41) is 7.74. The molecule has 0 radical (unpaired) electrons. The first-order valence-corrected chi connectivity index (χ1v) is 9.14. The highest BCUT2D eigenvalue weighted by molar-refractivity contribution is 14.1. The van der Waals surface area contributed by atoms with Gasteiger partial charge in [-0.05, 0) is 52.4 Å². The van der Waals surface area contributed by atoms with Gasteiger partial charge in [0, 0.05) is 14.8 Å². The number of rotatable bonds is 4. The fourth-order valence-corrected chi connectivity index (χ4v) is 3.46. The molecule has 1 aliphatic rings. The second kappa shape index (κ2) is 6.99. The number of nitrogens with one attached hydrogen (secondary N) is 1. The average Bonchev–Trinajstić information content (AvgIpc) is 3.15. The number of hydrogen-bond acceptors (Lipinski definition) is 5. The molecule has 7 heteroatoms. The molecule has 1 unspecified atom stereocenters. The van der Waals surface area contributed by atoms with Gasteiger partial charge in [0.2, 0.25) is 5.95 Å². The molecule has 1 aromatic heterocycles. The summed E-state index contributed by atoms with van der Waals surface area (Å²) >= 11 is 2.30. The quantitative estimate of drug-likeness (QED) is 0.598. The minimum atomic E-state index is -0.159. The van der Waals surface area contributed by atoms with Crippen molar-refractivity contribution in [2.24, 2.45) is 0 Å². The van der Waals surface area contributed by atoms with Crippen LogP contribution in [0.4, 0.5) is 5.95 Å². The predicted octanol–water partition coefficient (Wildman–Crippen LogP) is 3.96. The van der Waals surface area contributed by atoms with Gasteiger partial charge in [-0.2, -0.15) is 10.1 Å². The number of allylic oxidation sites excluding steroid dienone is 1. The molecule has 0 saturated heterocycles. The van der Waals surface area contributed by atoms with Crippen LogP contribution in [0.1, 0.15) is 17.2 Å². The van der Waals surface area contributed by atoms with E-state index in [1.807, 2.05) is 22.9 Å². The molecular formula is C19H17IN4O2. The van der Waals surface area contributed by atoms with Gasteiger partial charge in [-0.1, -0.05) is 24.3 Å². The van der Waals surface area contributed by atoms with E-state index in [4.69, 9.17) is 9.47 Å². The summed E-state index contributed by atoms with van der Waals surface area (Å²) in [6.45, 7) is 0. The molecule has 0 saturated carbocycles. The third-order valence-electron chi connectivity index (χ3n) is 4.31. The van der Waals surface area contributed by atoms with Crippen molar-refractivity contribution in [1.29, 1.82) is 0 Å². The number of benzene rings is 2. The number of ether oxygens (including phenoxy) is 2. The number of anilines is 1. The van der Waals surface area contributed by atoms with Crippen LogP contribution in [0.2, 0.25) is 0 Å². The molecule has 2 aromatic carbocycles. The second-order valence-corrected chi connectivity index (χ2v) is 7.01. The molecule has 26 heavy (non-hydrogen) atoms. The molecule has 1 aliphatic heterocycles. The van der Waals surface area contributed by atoms with E-state index in [-0.39, 0.29) is 6.04 Å². The van der Waals surface area contributed by atoms with Gasteiger partial charge in [-0.25, -0.2) is 4.68 Å². The van der Waals surface area contributed by atoms with Crippen molar-refractivity contribution in [3.8, 4) is 11.5 Å². The number of fused-ring (bicyclic) bond motifs is 1. The standard InChI is InChI=1S/C19H17IN4O2/c1-25-17-5-3-4-14(18(17)26-2)16-10-15(12-6-8-13(20)9-7-12)23-19-21-11-22-24(16)19/h3-11,16H,1-2H3,(H,21,22,23). The Hall–Kier alpha value is -2.55. The van der Waals surface area contributed by atoms with Crippen molar-refractivity contribution in [2.45, 2.75) is 6.04 Å². The van der Waals surface area contributed by atoms with Crippen molar-refractivity contribution in [1.82, 2.24) is 14.8 Å². The fourth-order valence-electron chi connectivity index (χ4n) is 3.10. The van der Waals surface area contributed by atoms with Gasteiger partial charge in [0.1, 0.15) is 12.4 Å². The van der Waals surface area contributed by atoms with E-state index in [0.717, 1.165) is 16.8 Å². The second-order valence-electron chi connectivity index (χ2n) is 5.77. The molecule has 4 rings (SSSR count). The highest BCUT2D eigenvalue weighted by Crippen LogP contribution is 2.40. The first-order chi connectivity index (χ1) is 12.7. The average molecular weight is 460 g/mol. The lowest BCUT2D eigenvalue weighted by atomic mass is 10.0. The smallest absolute Gasteiger partial charge is 0.226 e. The number of para-hydroxylation sites is 1. The normalized spacial score (nSPS) is 15.7. The third kappa shape index (κ3) is 2.92. The summed E-state index contributed by atoms with van der Waals surface area (Å²) in [6.07, 6.45) is 3.67. The molecular weight excluding hydrogens is 443 g/mol. The van der Waals surface area contributed by atoms with Crippen molar-refractivity contribution >= 4 is 34.2 Å². The summed E-state index contributed by atoms with van der Waals surface area (Å²) in [4.78, 5) is 4.35. The molecule has 2 heterocycles. The molecule has 0 bridgehead atoms. The maximum atomic E-state index is 5.63. The molecule has 0 spiro atoms. The zero-order valence-corrected chi connectivity index (χ0v) is 16.5. The van der Waals surface area contributed by atoms with Crippen LogP contribution in [-0.4, -0.2) is 29.0 Å².